The second kappa shape index (κ2) is 10.2. The Morgan fingerprint density at radius 2 is 1.93 bits per heavy atom. The number of ether oxygens (including phenoxy) is 1. The van der Waals surface area contributed by atoms with E-state index in [0.717, 1.165) is 37.2 Å². The van der Waals surface area contributed by atoms with Crippen molar-refractivity contribution in [2.45, 2.75) is 43.3 Å². The van der Waals surface area contributed by atoms with Crippen molar-refractivity contribution in [1.29, 1.82) is 0 Å². The molecule has 6 heteroatoms. The summed E-state index contributed by atoms with van der Waals surface area (Å²) in [6.07, 6.45) is 5.40. The molecular weight excluding hydrogens is 382 g/mol. The number of benzene rings is 1. The summed E-state index contributed by atoms with van der Waals surface area (Å²) < 4.78 is 6.93. The van der Waals surface area contributed by atoms with Crippen LogP contribution in [0.5, 0.6) is 0 Å². The summed E-state index contributed by atoms with van der Waals surface area (Å²) in [4.78, 5) is 16.9. The van der Waals surface area contributed by atoms with Gasteiger partial charge in [0, 0.05) is 50.2 Å². The van der Waals surface area contributed by atoms with E-state index < -0.39 is 4.75 Å². The summed E-state index contributed by atoms with van der Waals surface area (Å²) >= 11 is 1.62. The first-order valence-electron chi connectivity index (χ1n) is 10.3. The lowest BCUT2D eigenvalue weighted by Crippen LogP contribution is -2.45. The van der Waals surface area contributed by atoms with Gasteiger partial charge in [-0.05, 0) is 37.3 Å². The van der Waals surface area contributed by atoms with Crippen molar-refractivity contribution in [3.63, 3.8) is 0 Å². The molecule has 0 spiro atoms. The highest BCUT2D eigenvalue weighted by Crippen LogP contribution is 2.39. The molecule has 1 atom stereocenters. The first-order chi connectivity index (χ1) is 14.1. The maximum Gasteiger partial charge on any atom is 0.235 e. The molecule has 0 radical (unpaired) electrons. The summed E-state index contributed by atoms with van der Waals surface area (Å²) in [5.41, 5.74) is 9.27. The predicted octanol–water partition coefficient (Wildman–Crippen LogP) is 4.25. The van der Waals surface area contributed by atoms with Crippen LogP contribution in [-0.2, 0) is 9.53 Å². The highest BCUT2D eigenvalue weighted by molar-refractivity contribution is 7.99. The number of piperidine rings is 1. The molecule has 1 aliphatic rings. The highest BCUT2D eigenvalue weighted by Gasteiger charge is 2.38. The second-order valence-corrected chi connectivity index (χ2v) is 9.07. The van der Waals surface area contributed by atoms with E-state index in [1.807, 2.05) is 31.3 Å². The van der Waals surface area contributed by atoms with E-state index >= 15 is 0 Å². The number of carbonyl (C=O) groups is 1. The van der Waals surface area contributed by atoms with Crippen molar-refractivity contribution in [1.82, 2.24) is 9.29 Å². The molecule has 29 heavy (non-hydrogen) atoms. The van der Waals surface area contributed by atoms with Gasteiger partial charge in [0.05, 0.1) is 0 Å². The summed E-state index contributed by atoms with van der Waals surface area (Å²) in [5.74, 6) is 0.211. The Kier molecular flexibility index (Phi) is 7.70. The minimum Gasteiger partial charge on any atom is -0.385 e. The molecule has 0 saturated carbocycles. The van der Waals surface area contributed by atoms with Gasteiger partial charge in [-0.2, -0.15) is 0 Å². The van der Waals surface area contributed by atoms with E-state index in [1.54, 1.807) is 19.1 Å². The lowest BCUT2D eigenvalue weighted by molar-refractivity contribution is -0.120. The number of nitrogens with two attached hydrogens (primary N) is 1. The molecule has 2 heterocycles. The van der Waals surface area contributed by atoms with Gasteiger partial charge in [0.1, 0.15) is 4.75 Å². The molecule has 3 rings (SSSR count). The number of pyridine rings is 1. The van der Waals surface area contributed by atoms with E-state index in [1.165, 1.54) is 5.56 Å². The fourth-order valence-electron chi connectivity index (χ4n) is 3.83. The molecular formula is C23H31N3O2S. The maximum atomic E-state index is 12.2. The van der Waals surface area contributed by atoms with Gasteiger partial charge in [0.2, 0.25) is 5.91 Å². The zero-order valence-corrected chi connectivity index (χ0v) is 18.2. The SMILES string of the molecule is CCC(CCOC)(SN1CCC(c2ccc(-c3ccccc3)cn2)CC1)C(N)=O. The number of methoxy groups -OCH3 is 1. The van der Waals surface area contributed by atoms with Crippen LogP contribution in [0, 0.1) is 0 Å². The topological polar surface area (TPSA) is 68.4 Å². The normalized spacial score (nSPS) is 17.7. The number of primary amides is 1. The highest BCUT2D eigenvalue weighted by atomic mass is 32.2. The molecule has 156 valence electrons. The van der Waals surface area contributed by atoms with Gasteiger partial charge in [-0.15, -0.1) is 0 Å². The number of hydrogen-bond donors (Lipinski definition) is 1. The van der Waals surface area contributed by atoms with Crippen molar-refractivity contribution >= 4 is 17.9 Å². The first kappa shape index (κ1) is 21.8. The molecule has 1 aromatic heterocycles. The predicted molar refractivity (Wildman–Crippen MR) is 120 cm³/mol. The average molecular weight is 414 g/mol. The number of amides is 1. The van der Waals surface area contributed by atoms with Gasteiger partial charge in [-0.1, -0.05) is 55.3 Å². The van der Waals surface area contributed by atoms with Crippen molar-refractivity contribution in [3.8, 4) is 11.1 Å². The lowest BCUT2D eigenvalue weighted by Gasteiger charge is -2.37. The minimum absolute atomic E-state index is 0.248. The van der Waals surface area contributed by atoms with Crippen molar-refractivity contribution in [2.75, 3.05) is 26.8 Å². The van der Waals surface area contributed by atoms with Gasteiger partial charge >= 0.3 is 0 Å². The monoisotopic (exact) mass is 413 g/mol. The Balaban J connectivity index is 1.59. The van der Waals surface area contributed by atoms with Gasteiger partial charge < -0.3 is 10.5 Å². The maximum absolute atomic E-state index is 12.2. The molecule has 1 amide bonds. The van der Waals surface area contributed by atoms with Crippen molar-refractivity contribution in [3.05, 3.63) is 54.4 Å². The fourth-order valence-corrected chi connectivity index (χ4v) is 5.12. The number of nitrogens with zero attached hydrogens (tertiary/aromatic N) is 2. The molecule has 1 aromatic carbocycles. The summed E-state index contributed by atoms with van der Waals surface area (Å²) in [5, 5.41) is 0. The van der Waals surface area contributed by atoms with Crippen molar-refractivity contribution in [2.24, 2.45) is 5.73 Å². The molecule has 0 bridgehead atoms. The zero-order chi connectivity index (χ0) is 20.7. The van der Waals surface area contributed by atoms with Crippen LogP contribution in [0.1, 0.15) is 44.2 Å². The Morgan fingerprint density at radius 3 is 2.48 bits per heavy atom. The Labute approximate surface area is 178 Å². The van der Waals surface area contributed by atoms with E-state index in [9.17, 15) is 4.79 Å². The third-order valence-electron chi connectivity index (χ3n) is 5.80. The van der Waals surface area contributed by atoms with Crippen LogP contribution in [-0.4, -0.2) is 46.7 Å². The number of hydrogen-bond acceptors (Lipinski definition) is 5. The largest absolute Gasteiger partial charge is 0.385 e. The number of carbonyl (C=O) groups excluding carboxylic acids is 1. The van der Waals surface area contributed by atoms with E-state index in [2.05, 4.69) is 28.6 Å². The molecule has 1 fully saturated rings. The summed E-state index contributed by atoms with van der Waals surface area (Å²) in [6, 6.07) is 14.7. The minimum atomic E-state index is -0.585. The van der Waals surface area contributed by atoms with Crippen LogP contribution in [0.4, 0.5) is 0 Å². The van der Waals surface area contributed by atoms with Crippen LogP contribution in [0.25, 0.3) is 11.1 Å². The molecule has 1 unspecified atom stereocenters. The summed E-state index contributed by atoms with van der Waals surface area (Å²) in [7, 11) is 1.66. The number of rotatable bonds is 9. The van der Waals surface area contributed by atoms with Crippen LogP contribution in [0.15, 0.2) is 48.7 Å². The quantitative estimate of drug-likeness (QED) is 0.623. The molecule has 2 aromatic rings. The zero-order valence-electron chi connectivity index (χ0n) is 17.3. The Hall–Kier alpha value is -1.89. The third-order valence-corrected chi connectivity index (χ3v) is 7.47. The van der Waals surface area contributed by atoms with Crippen LogP contribution in [0.3, 0.4) is 0 Å². The Bertz CT molecular complexity index is 776. The number of aromatic nitrogens is 1. The van der Waals surface area contributed by atoms with E-state index in [0.29, 0.717) is 25.4 Å². The second-order valence-electron chi connectivity index (χ2n) is 7.59. The van der Waals surface area contributed by atoms with Gasteiger partial charge in [-0.3, -0.25) is 9.78 Å². The van der Waals surface area contributed by atoms with Crippen molar-refractivity contribution < 1.29 is 9.53 Å². The smallest absolute Gasteiger partial charge is 0.235 e. The molecule has 5 nitrogen and oxygen atoms in total. The molecule has 1 aliphatic heterocycles. The van der Waals surface area contributed by atoms with Crippen LogP contribution >= 0.6 is 11.9 Å². The third kappa shape index (κ3) is 5.38. The fraction of sp³-hybridized carbons (Fsp3) is 0.478. The van der Waals surface area contributed by atoms with Crippen LogP contribution < -0.4 is 5.73 Å². The molecule has 1 saturated heterocycles. The average Bonchev–Trinajstić information content (AvgIpc) is 2.78. The summed E-state index contributed by atoms with van der Waals surface area (Å²) in [6.45, 7) is 4.43. The van der Waals surface area contributed by atoms with Gasteiger partial charge in [0.25, 0.3) is 0 Å². The van der Waals surface area contributed by atoms with Gasteiger partial charge in [0.15, 0.2) is 0 Å². The van der Waals surface area contributed by atoms with E-state index in [4.69, 9.17) is 15.5 Å². The molecule has 0 aliphatic carbocycles. The lowest BCUT2D eigenvalue weighted by atomic mass is 9.93. The van der Waals surface area contributed by atoms with Gasteiger partial charge in [-0.25, -0.2) is 4.31 Å². The van der Waals surface area contributed by atoms with Crippen LogP contribution in [0.2, 0.25) is 0 Å². The molecule has 2 N–H and O–H groups in total. The first-order valence-corrected chi connectivity index (χ1v) is 11.1. The van der Waals surface area contributed by atoms with E-state index in [-0.39, 0.29) is 5.91 Å². The Morgan fingerprint density at radius 1 is 1.21 bits per heavy atom. The standard InChI is InChI=1S/C23H31N3O2S/c1-3-23(22(24)27,13-16-28-2)29-26-14-11-19(12-15-26)21-10-9-20(17-25-21)18-7-5-4-6-8-18/h4-10,17,19H,3,11-16H2,1-2H3,(H2,24,27).